The molecule has 0 radical (unpaired) electrons. The van der Waals surface area contributed by atoms with Gasteiger partial charge in [-0.3, -0.25) is 4.79 Å². The second-order valence-electron chi connectivity index (χ2n) is 3.14. The summed E-state index contributed by atoms with van der Waals surface area (Å²) in [4.78, 5) is 11.6. The maximum atomic E-state index is 12.9. The van der Waals surface area contributed by atoms with Crippen LogP contribution < -0.4 is 0 Å². The van der Waals surface area contributed by atoms with Crippen LogP contribution in [0.4, 0.5) is 4.39 Å². The van der Waals surface area contributed by atoms with Crippen molar-refractivity contribution in [1.29, 1.82) is 0 Å². The Morgan fingerprint density at radius 1 is 1.53 bits per heavy atom. The number of carbonyl (C=O) groups excluding carboxylic acids is 1. The number of hydrogen-bond acceptors (Lipinski definition) is 2. The van der Waals surface area contributed by atoms with Crippen LogP contribution in [0, 0.1) is 5.82 Å². The average Bonchev–Trinajstić information content (AvgIpc) is 2.22. The second-order valence-corrected chi connectivity index (χ2v) is 3.55. The minimum atomic E-state index is -0.450. The summed E-state index contributed by atoms with van der Waals surface area (Å²) in [7, 11) is 1.57. The molecule has 1 rings (SSSR count). The van der Waals surface area contributed by atoms with E-state index >= 15 is 0 Å². The predicted octanol–water partition coefficient (Wildman–Crippen LogP) is 3.09. The molecule has 0 aromatic heterocycles. The second kappa shape index (κ2) is 5.83. The van der Waals surface area contributed by atoms with Gasteiger partial charge in [0, 0.05) is 25.7 Å². The molecule has 0 saturated heterocycles. The van der Waals surface area contributed by atoms with E-state index in [1.165, 1.54) is 12.1 Å². The fourth-order valence-corrected chi connectivity index (χ4v) is 1.45. The Bertz CT molecular complexity index is 352. The predicted molar refractivity (Wildman–Crippen MR) is 56.9 cm³/mol. The summed E-state index contributed by atoms with van der Waals surface area (Å²) in [5.41, 5.74) is 0.243. The van der Waals surface area contributed by atoms with Crippen molar-refractivity contribution < 1.29 is 13.9 Å². The molecule has 0 N–H and O–H groups in total. The van der Waals surface area contributed by atoms with E-state index < -0.39 is 5.82 Å². The molecule has 15 heavy (non-hydrogen) atoms. The molecule has 0 bridgehead atoms. The van der Waals surface area contributed by atoms with E-state index in [1.54, 1.807) is 7.11 Å². The molecule has 1 aromatic rings. The monoisotopic (exact) mass is 230 g/mol. The first-order valence-corrected chi connectivity index (χ1v) is 5.00. The largest absolute Gasteiger partial charge is 0.385 e. The summed E-state index contributed by atoms with van der Waals surface area (Å²) in [6, 6.07) is 3.78. The lowest BCUT2D eigenvalue weighted by atomic mass is 10.1. The van der Waals surface area contributed by atoms with E-state index in [0.29, 0.717) is 24.5 Å². The van der Waals surface area contributed by atoms with Gasteiger partial charge in [-0.05, 0) is 24.6 Å². The molecule has 82 valence electrons. The smallest absolute Gasteiger partial charge is 0.164 e. The third-order valence-corrected chi connectivity index (χ3v) is 2.31. The third kappa shape index (κ3) is 3.61. The lowest BCUT2D eigenvalue weighted by Crippen LogP contribution is -2.02. The van der Waals surface area contributed by atoms with Gasteiger partial charge in [-0.15, -0.1) is 0 Å². The zero-order chi connectivity index (χ0) is 11.3. The van der Waals surface area contributed by atoms with Crippen LogP contribution >= 0.6 is 11.6 Å². The third-order valence-electron chi connectivity index (χ3n) is 1.98. The van der Waals surface area contributed by atoms with E-state index in [4.69, 9.17) is 16.3 Å². The van der Waals surface area contributed by atoms with Crippen LogP contribution in [0.1, 0.15) is 23.2 Å². The number of benzene rings is 1. The number of carbonyl (C=O) groups is 1. The van der Waals surface area contributed by atoms with Gasteiger partial charge in [0.1, 0.15) is 5.82 Å². The van der Waals surface area contributed by atoms with Crippen LogP contribution in [-0.2, 0) is 4.74 Å². The molecule has 0 aliphatic heterocycles. The van der Waals surface area contributed by atoms with Gasteiger partial charge in [0.05, 0.1) is 5.02 Å². The van der Waals surface area contributed by atoms with Crippen molar-refractivity contribution in [2.24, 2.45) is 0 Å². The lowest BCUT2D eigenvalue weighted by molar-refractivity contribution is 0.0963. The van der Waals surface area contributed by atoms with Crippen molar-refractivity contribution in [2.45, 2.75) is 12.8 Å². The van der Waals surface area contributed by atoms with E-state index in [9.17, 15) is 9.18 Å². The van der Waals surface area contributed by atoms with E-state index in [1.807, 2.05) is 0 Å². The van der Waals surface area contributed by atoms with Crippen molar-refractivity contribution in [2.75, 3.05) is 13.7 Å². The SMILES string of the molecule is COCCCC(=O)c1cc(F)ccc1Cl. The van der Waals surface area contributed by atoms with Crippen LogP contribution in [0.3, 0.4) is 0 Å². The number of hydrogen-bond donors (Lipinski definition) is 0. The molecule has 0 unspecified atom stereocenters. The number of rotatable bonds is 5. The normalized spacial score (nSPS) is 10.3. The number of ketones is 1. The quantitative estimate of drug-likeness (QED) is 0.574. The van der Waals surface area contributed by atoms with Crippen molar-refractivity contribution in [3.8, 4) is 0 Å². The molecular formula is C11H12ClFO2. The maximum Gasteiger partial charge on any atom is 0.164 e. The summed E-state index contributed by atoms with van der Waals surface area (Å²) in [5.74, 6) is -0.606. The Morgan fingerprint density at radius 2 is 2.27 bits per heavy atom. The molecule has 4 heteroatoms. The fraction of sp³-hybridized carbons (Fsp3) is 0.364. The van der Waals surface area contributed by atoms with Gasteiger partial charge in [0.2, 0.25) is 0 Å². The number of Topliss-reactive ketones (excluding diaryl/α,β-unsaturated/α-hetero) is 1. The van der Waals surface area contributed by atoms with Gasteiger partial charge in [-0.1, -0.05) is 11.6 Å². The number of halogens is 2. The summed E-state index contributed by atoms with van der Waals surface area (Å²) < 4.78 is 17.7. The Morgan fingerprint density at radius 3 is 2.93 bits per heavy atom. The van der Waals surface area contributed by atoms with E-state index in [2.05, 4.69) is 0 Å². The van der Waals surface area contributed by atoms with Crippen molar-refractivity contribution >= 4 is 17.4 Å². The van der Waals surface area contributed by atoms with Crippen LogP contribution in [0.25, 0.3) is 0 Å². The number of ether oxygens (including phenoxy) is 1. The molecule has 0 amide bonds. The summed E-state index contributed by atoms with van der Waals surface area (Å²) in [6.07, 6.45) is 0.930. The average molecular weight is 231 g/mol. The van der Waals surface area contributed by atoms with Crippen molar-refractivity contribution in [3.63, 3.8) is 0 Å². The van der Waals surface area contributed by atoms with Crippen LogP contribution in [0.15, 0.2) is 18.2 Å². The first kappa shape index (κ1) is 12.1. The molecule has 1 aromatic carbocycles. The van der Waals surface area contributed by atoms with Gasteiger partial charge in [0.25, 0.3) is 0 Å². The Kier molecular flexibility index (Phi) is 4.72. The van der Waals surface area contributed by atoms with E-state index in [-0.39, 0.29) is 11.3 Å². The van der Waals surface area contributed by atoms with Crippen molar-refractivity contribution in [1.82, 2.24) is 0 Å². The minimum Gasteiger partial charge on any atom is -0.385 e. The van der Waals surface area contributed by atoms with Gasteiger partial charge in [-0.2, -0.15) is 0 Å². The Hall–Kier alpha value is -0.930. The van der Waals surface area contributed by atoms with Crippen LogP contribution in [-0.4, -0.2) is 19.5 Å². The fourth-order valence-electron chi connectivity index (χ4n) is 1.22. The zero-order valence-corrected chi connectivity index (χ0v) is 9.18. The van der Waals surface area contributed by atoms with Gasteiger partial charge in [-0.25, -0.2) is 4.39 Å². The molecule has 0 spiro atoms. The van der Waals surface area contributed by atoms with Crippen molar-refractivity contribution in [3.05, 3.63) is 34.6 Å². The molecule has 0 heterocycles. The summed E-state index contributed by atoms with van der Waals surface area (Å²) in [6.45, 7) is 0.513. The topological polar surface area (TPSA) is 26.3 Å². The molecule has 0 aliphatic rings. The summed E-state index contributed by atoms with van der Waals surface area (Å²) in [5, 5.41) is 0.291. The molecule has 0 aliphatic carbocycles. The molecule has 0 fully saturated rings. The first-order chi connectivity index (χ1) is 7.15. The highest BCUT2D eigenvalue weighted by molar-refractivity contribution is 6.33. The van der Waals surface area contributed by atoms with Gasteiger partial charge >= 0.3 is 0 Å². The highest BCUT2D eigenvalue weighted by atomic mass is 35.5. The molecule has 0 atom stereocenters. The molecular weight excluding hydrogens is 219 g/mol. The highest BCUT2D eigenvalue weighted by Crippen LogP contribution is 2.19. The summed E-state index contributed by atoms with van der Waals surface area (Å²) >= 11 is 5.79. The first-order valence-electron chi connectivity index (χ1n) is 4.62. The standard InChI is InChI=1S/C11H12ClFO2/c1-15-6-2-3-11(14)9-7-8(13)4-5-10(9)12/h4-5,7H,2-3,6H2,1H3. The van der Waals surface area contributed by atoms with E-state index in [0.717, 1.165) is 6.07 Å². The van der Waals surface area contributed by atoms with Gasteiger partial charge < -0.3 is 4.74 Å². The highest BCUT2D eigenvalue weighted by Gasteiger charge is 2.10. The molecule has 0 saturated carbocycles. The zero-order valence-electron chi connectivity index (χ0n) is 8.43. The Balaban J connectivity index is 2.68. The number of methoxy groups -OCH3 is 1. The van der Waals surface area contributed by atoms with Gasteiger partial charge in [0.15, 0.2) is 5.78 Å². The van der Waals surface area contributed by atoms with Crippen LogP contribution in [0.2, 0.25) is 5.02 Å². The lowest BCUT2D eigenvalue weighted by Gasteiger charge is -2.03. The Labute approximate surface area is 93.0 Å². The molecule has 2 nitrogen and oxygen atoms in total. The minimum absolute atomic E-state index is 0.156. The van der Waals surface area contributed by atoms with Crippen LogP contribution in [0.5, 0.6) is 0 Å². The maximum absolute atomic E-state index is 12.9.